The molecule has 1 fully saturated rings. The van der Waals surface area contributed by atoms with Crippen molar-refractivity contribution in [2.75, 3.05) is 33.4 Å². The van der Waals surface area contributed by atoms with Crippen LogP contribution in [-0.2, 0) is 28.9 Å². The van der Waals surface area contributed by atoms with Crippen LogP contribution in [0.15, 0.2) is 42.5 Å². The average molecular weight is 439 g/mol. The van der Waals surface area contributed by atoms with Gasteiger partial charge in [-0.15, -0.1) is 0 Å². The van der Waals surface area contributed by atoms with Crippen LogP contribution in [0.25, 0.3) is 0 Å². The minimum atomic E-state index is -1.31. The molecule has 1 amide bonds. The van der Waals surface area contributed by atoms with Gasteiger partial charge < -0.3 is 29.3 Å². The van der Waals surface area contributed by atoms with Gasteiger partial charge in [0.2, 0.25) is 5.91 Å². The first-order valence-corrected chi connectivity index (χ1v) is 10.8. The van der Waals surface area contributed by atoms with Crippen LogP contribution in [0.2, 0.25) is 0 Å². The van der Waals surface area contributed by atoms with Gasteiger partial charge in [-0.3, -0.25) is 4.79 Å². The quantitative estimate of drug-likeness (QED) is 0.459. The first kappa shape index (κ1) is 22.3. The van der Waals surface area contributed by atoms with Gasteiger partial charge in [0.1, 0.15) is 25.4 Å². The van der Waals surface area contributed by atoms with Crippen molar-refractivity contribution in [1.29, 1.82) is 0 Å². The van der Waals surface area contributed by atoms with E-state index in [1.54, 1.807) is 12.1 Å². The summed E-state index contributed by atoms with van der Waals surface area (Å²) in [4.78, 5) is 23.9. The van der Waals surface area contributed by atoms with Crippen molar-refractivity contribution < 1.29 is 33.6 Å². The van der Waals surface area contributed by atoms with Gasteiger partial charge in [-0.1, -0.05) is 36.4 Å². The average Bonchev–Trinajstić information content (AvgIpc) is 2.75. The van der Waals surface area contributed by atoms with E-state index in [4.69, 9.17) is 9.39 Å². The number of hydrogen-bond donors (Lipinski definition) is 3. The SMILES string of the molecule is C[N+]1(Cc2ccc(CC(=O)N[C@H]3Cc4cccc(C(=O)O)c4OB3O)cc2)CCOCC1. The maximum atomic E-state index is 12.6. The number of carbonyl (C=O) groups is 2. The number of amides is 1. The van der Waals surface area contributed by atoms with Gasteiger partial charge in [0.15, 0.2) is 0 Å². The van der Waals surface area contributed by atoms with Crippen LogP contribution in [-0.4, -0.2) is 72.9 Å². The summed E-state index contributed by atoms with van der Waals surface area (Å²) in [5.74, 6) is -1.84. The zero-order chi connectivity index (χ0) is 22.7. The molecular formula is C23H28BN2O6+. The number of aromatic carboxylic acids is 1. The first-order valence-electron chi connectivity index (χ1n) is 10.8. The van der Waals surface area contributed by atoms with Crippen molar-refractivity contribution in [3.05, 3.63) is 64.7 Å². The van der Waals surface area contributed by atoms with E-state index in [0.29, 0.717) is 12.0 Å². The number of quaternary nitrogens is 1. The Morgan fingerprint density at radius 3 is 2.50 bits per heavy atom. The van der Waals surface area contributed by atoms with Crippen molar-refractivity contribution in [2.45, 2.75) is 25.3 Å². The molecule has 4 rings (SSSR count). The molecule has 1 saturated heterocycles. The second-order valence-electron chi connectivity index (χ2n) is 8.82. The first-order chi connectivity index (χ1) is 15.3. The number of morpholine rings is 1. The van der Waals surface area contributed by atoms with Crippen LogP contribution < -0.4 is 9.97 Å². The van der Waals surface area contributed by atoms with E-state index in [9.17, 15) is 19.7 Å². The van der Waals surface area contributed by atoms with E-state index in [1.807, 2.05) is 12.1 Å². The predicted octanol–water partition coefficient (Wildman–Crippen LogP) is 1.04. The highest BCUT2D eigenvalue weighted by Gasteiger charge is 2.37. The largest absolute Gasteiger partial charge is 0.547 e. The zero-order valence-corrected chi connectivity index (χ0v) is 18.1. The van der Waals surface area contributed by atoms with Gasteiger partial charge >= 0.3 is 13.1 Å². The summed E-state index contributed by atoms with van der Waals surface area (Å²) in [6.45, 7) is 4.49. The van der Waals surface area contributed by atoms with Crippen LogP contribution >= 0.6 is 0 Å². The van der Waals surface area contributed by atoms with Crippen LogP contribution in [0.3, 0.4) is 0 Å². The van der Waals surface area contributed by atoms with Crippen molar-refractivity contribution >= 4 is 19.0 Å². The van der Waals surface area contributed by atoms with E-state index >= 15 is 0 Å². The molecule has 0 radical (unpaired) electrons. The number of nitrogens with one attached hydrogen (secondary N) is 1. The number of carboxylic acid groups (broad SMARTS) is 1. The molecule has 0 spiro atoms. The third kappa shape index (κ3) is 5.12. The summed E-state index contributed by atoms with van der Waals surface area (Å²) in [5.41, 5.74) is 2.75. The van der Waals surface area contributed by atoms with Crippen LogP contribution in [0, 0.1) is 0 Å². The number of carboxylic acids is 1. The summed E-state index contributed by atoms with van der Waals surface area (Å²) in [6.07, 6.45) is 0.480. The van der Waals surface area contributed by atoms with E-state index in [-0.39, 0.29) is 23.6 Å². The molecule has 0 saturated carbocycles. The Hall–Kier alpha value is -2.88. The summed E-state index contributed by atoms with van der Waals surface area (Å²) in [6, 6.07) is 12.8. The van der Waals surface area contributed by atoms with Gasteiger partial charge in [-0.25, -0.2) is 4.79 Å². The maximum absolute atomic E-state index is 12.6. The van der Waals surface area contributed by atoms with Crippen LogP contribution in [0.1, 0.15) is 27.0 Å². The topological polar surface area (TPSA) is 105 Å². The minimum Gasteiger partial charge on any atom is -0.534 e. The Morgan fingerprint density at radius 1 is 1.12 bits per heavy atom. The monoisotopic (exact) mass is 439 g/mol. The predicted molar refractivity (Wildman–Crippen MR) is 118 cm³/mol. The number of ether oxygens (including phenoxy) is 1. The fourth-order valence-electron chi connectivity index (χ4n) is 4.30. The van der Waals surface area contributed by atoms with Crippen molar-refractivity contribution in [3.63, 3.8) is 0 Å². The molecule has 8 nitrogen and oxygen atoms in total. The molecular weight excluding hydrogens is 411 g/mol. The highest BCUT2D eigenvalue weighted by Crippen LogP contribution is 2.30. The number of likely N-dealkylation sites (N-methyl/N-ethyl adjacent to an activating group) is 1. The van der Waals surface area contributed by atoms with Crippen molar-refractivity contribution in [3.8, 4) is 5.75 Å². The minimum absolute atomic E-state index is 0.000324. The lowest BCUT2D eigenvalue weighted by Crippen LogP contribution is -2.53. The van der Waals surface area contributed by atoms with Crippen LogP contribution in [0.4, 0.5) is 0 Å². The molecule has 0 aromatic heterocycles. The van der Waals surface area contributed by atoms with Crippen molar-refractivity contribution in [1.82, 2.24) is 5.32 Å². The molecule has 168 valence electrons. The fourth-order valence-corrected chi connectivity index (χ4v) is 4.30. The number of nitrogens with zero attached hydrogens (tertiary/aromatic N) is 1. The lowest BCUT2D eigenvalue weighted by molar-refractivity contribution is -0.929. The molecule has 3 N–H and O–H groups in total. The number of rotatable bonds is 6. The molecule has 0 bridgehead atoms. The van der Waals surface area contributed by atoms with E-state index < -0.39 is 19.0 Å². The molecule has 32 heavy (non-hydrogen) atoms. The summed E-state index contributed by atoms with van der Waals surface area (Å²) in [7, 11) is 0.922. The van der Waals surface area contributed by atoms with E-state index in [0.717, 1.165) is 42.9 Å². The van der Waals surface area contributed by atoms with Gasteiger partial charge in [0.25, 0.3) is 0 Å². The molecule has 9 heteroatoms. The Labute approximate surface area is 187 Å². The van der Waals surface area contributed by atoms with Gasteiger partial charge in [-0.2, -0.15) is 0 Å². The molecule has 2 aliphatic heterocycles. The highest BCUT2D eigenvalue weighted by atomic mass is 16.5. The maximum Gasteiger partial charge on any atom is 0.547 e. The lowest BCUT2D eigenvalue weighted by Gasteiger charge is -2.37. The number of para-hydroxylation sites is 1. The molecule has 2 aromatic rings. The lowest BCUT2D eigenvalue weighted by atomic mass is 9.72. The molecule has 0 aliphatic carbocycles. The summed E-state index contributed by atoms with van der Waals surface area (Å²) in [5, 5.41) is 22.4. The molecule has 2 aliphatic rings. The third-order valence-corrected chi connectivity index (χ3v) is 6.20. The number of benzene rings is 2. The molecule has 1 atom stereocenters. The third-order valence-electron chi connectivity index (χ3n) is 6.20. The Balaban J connectivity index is 1.34. The smallest absolute Gasteiger partial charge is 0.534 e. The summed E-state index contributed by atoms with van der Waals surface area (Å²) >= 11 is 0. The van der Waals surface area contributed by atoms with E-state index in [2.05, 4.69) is 24.5 Å². The Morgan fingerprint density at radius 2 is 1.81 bits per heavy atom. The zero-order valence-electron chi connectivity index (χ0n) is 18.1. The van der Waals surface area contributed by atoms with Crippen LogP contribution in [0.5, 0.6) is 5.75 Å². The van der Waals surface area contributed by atoms with Gasteiger partial charge in [-0.05, 0) is 23.6 Å². The fraction of sp³-hybridized carbons (Fsp3) is 0.391. The van der Waals surface area contributed by atoms with E-state index in [1.165, 1.54) is 11.6 Å². The van der Waals surface area contributed by atoms with Gasteiger partial charge in [0, 0.05) is 5.56 Å². The van der Waals surface area contributed by atoms with Gasteiger partial charge in [0.05, 0.1) is 38.2 Å². The second kappa shape index (κ2) is 9.32. The molecule has 2 heterocycles. The summed E-state index contributed by atoms with van der Waals surface area (Å²) < 4.78 is 11.8. The number of hydrogen-bond acceptors (Lipinski definition) is 5. The molecule has 0 unspecified atom stereocenters. The normalized spacial score (nSPS) is 19.6. The standard InChI is InChI=1S/C23H27BN2O6/c1-26(9-11-31-12-10-26)15-17-7-5-16(6-8-17)13-21(27)25-20-14-18-3-2-4-19(23(28)29)22(18)32-24(20)30/h2-8,20,30H,9-15H2,1H3,(H-,25,27,28,29)/p+1/t20-/m0/s1. The number of fused-ring (bicyclic) bond motifs is 1. The second-order valence-corrected chi connectivity index (χ2v) is 8.82. The number of carbonyl (C=O) groups excluding carboxylic acids is 1. The van der Waals surface area contributed by atoms with Crippen molar-refractivity contribution in [2.24, 2.45) is 0 Å². The Kier molecular flexibility index (Phi) is 6.50. The highest BCUT2D eigenvalue weighted by molar-refractivity contribution is 6.47. The molecule has 2 aromatic carbocycles. The Bertz CT molecular complexity index is 990.